The fourth-order valence-electron chi connectivity index (χ4n) is 6.92. The van der Waals surface area contributed by atoms with Gasteiger partial charge in [0.2, 0.25) is 5.43 Å². The van der Waals surface area contributed by atoms with Gasteiger partial charge >= 0.3 is 5.97 Å². The van der Waals surface area contributed by atoms with Crippen LogP contribution in [-0.2, 0) is 34.2 Å². The lowest BCUT2D eigenvalue weighted by Gasteiger charge is -2.35. The Kier molecular flexibility index (Phi) is 6.02. The van der Waals surface area contributed by atoms with Crippen LogP contribution in [0, 0.1) is 0 Å². The number of aliphatic hydroxyl groups is 1. The first-order valence-electron chi connectivity index (χ1n) is 14.0. The molecular formula is C31H29NO11. The smallest absolute Gasteiger partial charge is 0.303 e. The molecule has 224 valence electrons. The topological polar surface area (TPSA) is 167 Å². The number of aliphatic hydroxyl groups excluding tert-OH is 1. The average molecular weight is 592 g/mol. The Balaban J connectivity index is 1.63. The molecule has 43 heavy (non-hydrogen) atoms. The van der Waals surface area contributed by atoms with E-state index in [0.717, 1.165) is 5.69 Å². The van der Waals surface area contributed by atoms with Crippen molar-refractivity contribution < 1.29 is 43.5 Å². The minimum Gasteiger partial charge on any atom is -0.506 e. The van der Waals surface area contributed by atoms with Crippen LogP contribution in [0.15, 0.2) is 20.1 Å². The third-order valence-electron chi connectivity index (χ3n) is 8.83. The number of pyridine rings is 1. The monoisotopic (exact) mass is 591 g/mol. The summed E-state index contributed by atoms with van der Waals surface area (Å²) in [7, 11) is 2.99. The molecule has 2 aromatic carbocycles. The summed E-state index contributed by atoms with van der Waals surface area (Å²) in [5, 5.41) is 34.6. The Labute approximate surface area is 243 Å². The molecule has 0 radical (unpaired) electrons. The van der Waals surface area contributed by atoms with Gasteiger partial charge in [-0.05, 0) is 25.3 Å². The number of nitrogens with zero attached hydrogens (tertiary/aromatic N) is 1. The van der Waals surface area contributed by atoms with E-state index >= 15 is 0 Å². The summed E-state index contributed by atoms with van der Waals surface area (Å²) in [6.07, 6.45) is -1.73. The predicted molar refractivity (Wildman–Crippen MR) is 152 cm³/mol. The third kappa shape index (κ3) is 3.59. The molecule has 12 heteroatoms. The summed E-state index contributed by atoms with van der Waals surface area (Å²) in [6.45, 7) is 3.03. The number of phenolic OH excluding ortho intramolecular Hbond substituents is 2. The van der Waals surface area contributed by atoms with Gasteiger partial charge in [-0.3, -0.25) is 14.4 Å². The molecule has 3 aliphatic rings. The largest absolute Gasteiger partial charge is 0.506 e. The Morgan fingerprint density at radius 2 is 1.86 bits per heavy atom. The number of hydrogen-bond donors (Lipinski definition) is 3. The van der Waals surface area contributed by atoms with Crippen LogP contribution >= 0.6 is 0 Å². The molecule has 2 aliphatic carbocycles. The average Bonchev–Trinajstić information content (AvgIpc) is 2.97. The van der Waals surface area contributed by atoms with Crippen molar-refractivity contribution in [1.29, 1.82) is 0 Å². The molecule has 0 spiro atoms. The number of carbonyl (C=O) groups is 1. The molecule has 4 aromatic rings. The van der Waals surface area contributed by atoms with E-state index < -0.39 is 46.8 Å². The van der Waals surface area contributed by atoms with Crippen LogP contribution in [0.4, 0.5) is 0 Å². The molecule has 3 unspecified atom stereocenters. The summed E-state index contributed by atoms with van der Waals surface area (Å²) < 4.78 is 30.7. The van der Waals surface area contributed by atoms with Crippen LogP contribution in [0.2, 0.25) is 0 Å². The molecule has 3 heterocycles. The first kappa shape index (κ1) is 27.3. The van der Waals surface area contributed by atoms with Gasteiger partial charge in [0, 0.05) is 53.7 Å². The van der Waals surface area contributed by atoms with E-state index in [0.29, 0.717) is 28.7 Å². The van der Waals surface area contributed by atoms with Crippen molar-refractivity contribution in [3.8, 4) is 34.1 Å². The summed E-state index contributed by atoms with van der Waals surface area (Å²) in [5.41, 5.74) is 0.285. The van der Waals surface area contributed by atoms with Crippen molar-refractivity contribution in [3.63, 3.8) is 0 Å². The van der Waals surface area contributed by atoms with Crippen molar-refractivity contribution in [2.45, 2.75) is 57.8 Å². The summed E-state index contributed by atoms with van der Waals surface area (Å²) >= 11 is 0. The number of methoxy groups -OCH3 is 1. The van der Waals surface area contributed by atoms with Gasteiger partial charge in [-0.1, -0.05) is 6.92 Å². The van der Waals surface area contributed by atoms with Crippen LogP contribution in [0.25, 0.3) is 32.9 Å². The highest BCUT2D eigenvalue weighted by molar-refractivity contribution is 6.07. The second-order valence-electron chi connectivity index (χ2n) is 11.1. The molecule has 0 fully saturated rings. The standard InChI is InChI=1S/C31H29NO11/c1-5-12-8-13-19(31(38)32(12)3)25(36)22-18-14(9-17-21(22)27(13)41-10-40-17)28(39-4)30-23(24(18)35)26(37)20-15(34)6-7-16(29(20)43-30)42-11(2)33/h8,15-17,34-36H,5-7,9-10H2,1-4H3. The molecule has 1 aliphatic heterocycles. The van der Waals surface area contributed by atoms with E-state index in [4.69, 9.17) is 23.4 Å². The third-order valence-corrected chi connectivity index (χ3v) is 8.83. The van der Waals surface area contributed by atoms with E-state index in [1.165, 1.54) is 18.6 Å². The molecule has 3 atom stereocenters. The van der Waals surface area contributed by atoms with Crippen LogP contribution in [0.5, 0.6) is 23.0 Å². The molecule has 12 nitrogen and oxygen atoms in total. The van der Waals surface area contributed by atoms with Gasteiger partial charge in [0.15, 0.2) is 30.0 Å². The van der Waals surface area contributed by atoms with Crippen LogP contribution < -0.4 is 20.5 Å². The number of aryl methyl sites for hydroxylation is 1. The zero-order valence-corrected chi connectivity index (χ0v) is 23.9. The summed E-state index contributed by atoms with van der Waals surface area (Å²) in [4.78, 5) is 39.4. The molecule has 0 saturated heterocycles. The second kappa shape index (κ2) is 9.48. The molecule has 0 amide bonds. The number of aromatic hydroxyl groups is 2. The van der Waals surface area contributed by atoms with Crippen LogP contribution in [-0.4, -0.2) is 39.8 Å². The van der Waals surface area contributed by atoms with Crippen LogP contribution in [0.1, 0.15) is 73.1 Å². The van der Waals surface area contributed by atoms with Crippen molar-refractivity contribution in [2.75, 3.05) is 13.9 Å². The maximum atomic E-state index is 14.0. The van der Waals surface area contributed by atoms with Crippen molar-refractivity contribution in [1.82, 2.24) is 4.57 Å². The molecular weight excluding hydrogens is 562 g/mol. The molecule has 3 N–H and O–H groups in total. The number of ether oxygens (including phenoxy) is 4. The van der Waals surface area contributed by atoms with Crippen molar-refractivity contribution >= 4 is 27.7 Å². The molecule has 2 aromatic heterocycles. The lowest BCUT2D eigenvalue weighted by atomic mass is 9.78. The number of benzene rings is 2. The highest BCUT2D eigenvalue weighted by Gasteiger charge is 2.42. The minimum atomic E-state index is -1.23. The Morgan fingerprint density at radius 1 is 1.12 bits per heavy atom. The highest BCUT2D eigenvalue weighted by atomic mass is 16.7. The first-order chi connectivity index (χ1) is 20.6. The van der Waals surface area contributed by atoms with Crippen LogP contribution in [0.3, 0.4) is 0 Å². The lowest BCUT2D eigenvalue weighted by Crippen LogP contribution is -2.27. The van der Waals surface area contributed by atoms with Gasteiger partial charge in [0.1, 0.15) is 22.6 Å². The predicted octanol–water partition coefficient (Wildman–Crippen LogP) is 3.69. The molecule has 0 bridgehead atoms. The van der Waals surface area contributed by atoms with E-state index in [1.807, 2.05) is 6.92 Å². The zero-order valence-electron chi connectivity index (χ0n) is 23.9. The number of esters is 1. The zero-order chi connectivity index (χ0) is 30.5. The number of fused-ring (bicyclic) bond motifs is 6. The van der Waals surface area contributed by atoms with Crippen molar-refractivity contribution in [2.24, 2.45) is 7.05 Å². The molecule has 7 rings (SSSR count). The van der Waals surface area contributed by atoms with Gasteiger partial charge in [0.05, 0.1) is 30.3 Å². The highest BCUT2D eigenvalue weighted by Crippen LogP contribution is 2.59. The number of carbonyl (C=O) groups excluding carboxylic acids is 1. The normalized spacial score (nSPS) is 20.3. The SMILES string of the molecule is CCc1cc2c3c4c(c(O)c2c(=O)n1C)-c1c(c(OC)c2oc5c(c(=O)c2c1O)C(O)CCC5OC(C)=O)CC4OCO3. The quantitative estimate of drug-likeness (QED) is 0.297. The van der Waals surface area contributed by atoms with Gasteiger partial charge in [-0.15, -0.1) is 0 Å². The number of phenols is 2. The molecule has 0 saturated carbocycles. The van der Waals surface area contributed by atoms with Crippen molar-refractivity contribution in [3.05, 3.63) is 54.8 Å². The van der Waals surface area contributed by atoms with Gasteiger partial charge < -0.3 is 43.3 Å². The van der Waals surface area contributed by atoms with E-state index in [-0.39, 0.29) is 70.6 Å². The van der Waals surface area contributed by atoms with E-state index in [9.17, 15) is 29.7 Å². The lowest BCUT2D eigenvalue weighted by molar-refractivity contribution is -0.149. The van der Waals surface area contributed by atoms with Gasteiger partial charge in [-0.25, -0.2) is 0 Å². The number of aromatic nitrogens is 1. The minimum absolute atomic E-state index is 0.00228. The maximum Gasteiger partial charge on any atom is 0.303 e. The second-order valence-corrected chi connectivity index (χ2v) is 11.1. The maximum absolute atomic E-state index is 14.0. The first-order valence-corrected chi connectivity index (χ1v) is 14.0. The fourth-order valence-corrected chi connectivity index (χ4v) is 6.92. The fraction of sp³-hybridized carbons (Fsp3) is 0.387. The summed E-state index contributed by atoms with van der Waals surface area (Å²) in [5.74, 6) is -1.07. The van der Waals surface area contributed by atoms with Gasteiger partial charge in [0.25, 0.3) is 5.56 Å². The Bertz CT molecular complexity index is 2020. The Morgan fingerprint density at radius 3 is 2.56 bits per heavy atom. The van der Waals surface area contributed by atoms with E-state index in [1.54, 1.807) is 13.1 Å². The van der Waals surface area contributed by atoms with E-state index in [2.05, 4.69) is 0 Å². The summed E-state index contributed by atoms with van der Waals surface area (Å²) in [6, 6.07) is 1.80. The van der Waals surface area contributed by atoms with Gasteiger partial charge in [-0.2, -0.15) is 0 Å². The number of hydrogen-bond acceptors (Lipinski definition) is 11. The Hall–Kier alpha value is -4.55. The number of rotatable bonds is 3.